The number of hydrogen-bond acceptors (Lipinski definition) is 5. The quantitative estimate of drug-likeness (QED) is 0.616. The van der Waals surface area contributed by atoms with Gasteiger partial charge >= 0.3 is 5.97 Å². The minimum Gasteiger partial charge on any atom is -0.477 e. The fraction of sp³-hybridized carbons (Fsp3) is 0.0909. The van der Waals surface area contributed by atoms with Crippen LogP contribution in [0.15, 0.2) is 35.6 Å². The highest BCUT2D eigenvalue weighted by Gasteiger charge is 2.02. The Morgan fingerprint density at radius 1 is 1.35 bits per heavy atom. The number of aromatic nitrogens is 2. The van der Waals surface area contributed by atoms with Crippen molar-refractivity contribution < 1.29 is 9.90 Å². The number of carboxylic acids is 1. The zero-order valence-electron chi connectivity index (χ0n) is 9.08. The summed E-state index contributed by atoms with van der Waals surface area (Å²) < 4.78 is 0. The van der Waals surface area contributed by atoms with Crippen molar-refractivity contribution in [2.45, 2.75) is 6.92 Å². The Kier molecular flexibility index (Phi) is 2.95. The summed E-state index contributed by atoms with van der Waals surface area (Å²) in [4.78, 5) is 18.9. The SMILES string of the molecule is CC(=NNc1cnc2ccccc2n1)C(=O)O. The summed E-state index contributed by atoms with van der Waals surface area (Å²) in [6, 6.07) is 7.39. The highest BCUT2D eigenvalue weighted by molar-refractivity contribution is 6.34. The molecule has 86 valence electrons. The first-order valence-corrected chi connectivity index (χ1v) is 4.92. The molecule has 1 aromatic heterocycles. The molecule has 2 aromatic rings. The maximum atomic E-state index is 10.5. The Hall–Kier alpha value is -2.50. The van der Waals surface area contributed by atoms with Crippen LogP contribution in [0, 0.1) is 0 Å². The first kappa shape index (κ1) is 11.0. The number of hydrazone groups is 1. The molecule has 0 unspecified atom stereocenters. The average Bonchev–Trinajstić information content (AvgIpc) is 2.35. The van der Waals surface area contributed by atoms with Crippen LogP contribution in [0.25, 0.3) is 11.0 Å². The van der Waals surface area contributed by atoms with Gasteiger partial charge in [0.25, 0.3) is 0 Å². The maximum absolute atomic E-state index is 10.5. The smallest absolute Gasteiger partial charge is 0.351 e. The standard InChI is InChI=1S/C11H10N4O2/c1-7(11(16)17)14-15-10-6-12-8-4-2-3-5-9(8)13-10/h2-6H,1H3,(H,13,15)(H,16,17). The van der Waals surface area contributed by atoms with Crippen LogP contribution in [-0.4, -0.2) is 26.8 Å². The molecule has 0 spiro atoms. The van der Waals surface area contributed by atoms with Gasteiger partial charge in [-0.1, -0.05) is 12.1 Å². The molecule has 0 saturated carbocycles. The van der Waals surface area contributed by atoms with Gasteiger partial charge in [0.05, 0.1) is 17.2 Å². The molecule has 2 rings (SSSR count). The van der Waals surface area contributed by atoms with Gasteiger partial charge in [0.1, 0.15) is 5.71 Å². The minimum atomic E-state index is -1.08. The third-order valence-corrected chi connectivity index (χ3v) is 2.10. The predicted molar refractivity (Wildman–Crippen MR) is 63.9 cm³/mol. The van der Waals surface area contributed by atoms with Gasteiger partial charge in [-0.15, -0.1) is 0 Å². The van der Waals surface area contributed by atoms with Crippen LogP contribution >= 0.6 is 0 Å². The van der Waals surface area contributed by atoms with Crippen LogP contribution in [0.2, 0.25) is 0 Å². The molecule has 0 fully saturated rings. The second-order valence-electron chi connectivity index (χ2n) is 3.36. The van der Waals surface area contributed by atoms with Crippen molar-refractivity contribution in [3.8, 4) is 0 Å². The Balaban J connectivity index is 2.25. The van der Waals surface area contributed by atoms with E-state index in [1.54, 1.807) is 0 Å². The Labute approximate surface area is 97.0 Å². The molecule has 0 radical (unpaired) electrons. The van der Waals surface area contributed by atoms with Gasteiger partial charge in [-0.2, -0.15) is 5.10 Å². The van der Waals surface area contributed by atoms with Gasteiger partial charge in [0, 0.05) is 0 Å². The molecule has 1 aromatic carbocycles. The summed E-state index contributed by atoms with van der Waals surface area (Å²) in [5.41, 5.74) is 4.01. The van der Waals surface area contributed by atoms with E-state index >= 15 is 0 Å². The third kappa shape index (κ3) is 2.54. The largest absolute Gasteiger partial charge is 0.477 e. The lowest BCUT2D eigenvalue weighted by molar-refractivity contribution is -0.129. The predicted octanol–water partition coefficient (Wildman–Crippen LogP) is 1.50. The first-order valence-electron chi connectivity index (χ1n) is 4.92. The highest BCUT2D eigenvalue weighted by atomic mass is 16.4. The molecular weight excluding hydrogens is 220 g/mol. The molecule has 0 atom stereocenters. The van der Waals surface area contributed by atoms with Crippen molar-refractivity contribution in [2.75, 3.05) is 5.43 Å². The fourth-order valence-electron chi connectivity index (χ4n) is 1.20. The zero-order chi connectivity index (χ0) is 12.3. The summed E-state index contributed by atoms with van der Waals surface area (Å²) in [6.07, 6.45) is 1.50. The lowest BCUT2D eigenvalue weighted by atomic mass is 10.3. The van der Waals surface area contributed by atoms with Gasteiger partial charge in [-0.25, -0.2) is 9.78 Å². The normalized spacial score (nSPS) is 11.5. The number of anilines is 1. The molecule has 0 bridgehead atoms. The topological polar surface area (TPSA) is 87.5 Å². The maximum Gasteiger partial charge on any atom is 0.351 e. The van der Waals surface area contributed by atoms with E-state index in [2.05, 4.69) is 20.5 Å². The highest BCUT2D eigenvalue weighted by Crippen LogP contribution is 2.10. The van der Waals surface area contributed by atoms with Crippen LogP contribution in [0.1, 0.15) is 6.92 Å². The van der Waals surface area contributed by atoms with Crippen LogP contribution in [0.5, 0.6) is 0 Å². The molecule has 0 saturated heterocycles. The molecule has 0 aliphatic rings. The van der Waals surface area contributed by atoms with Gasteiger partial charge in [0.2, 0.25) is 0 Å². The fourth-order valence-corrected chi connectivity index (χ4v) is 1.20. The van der Waals surface area contributed by atoms with E-state index in [1.165, 1.54) is 13.1 Å². The van der Waals surface area contributed by atoms with E-state index in [0.717, 1.165) is 11.0 Å². The zero-order valence-corrected chi connectivity index (χ0v) is 9.08. The van der Waals surface area contributed by atoms with Crippen LogP contribution in [-0.2, 0) is 4.79 Å². The van der Waals surface area contributed by atoms with E-state index in [0.29, 0.717) is 5.82 Å². The number of carbonyl (C=O) groups is 1. The van der Waals surface area contributed by atoms with Crippen LogP contribution in [0.3, 0.4) is 0 Å². The number of carboxylic acid groups (broad SMARTS) is 1. The Bertz CT molecular complexity index is 595. The molecule has 6 nitrogen and oxygen atoms in total. The minimum absolute atomic E-state index is 0.0417. The third-order valence-electron chi connectivity index (χ3n) is 2.10. The Morgan fingerprint density at radius 2 is 2.06 bits per heavy atom. The summed E-state index contributed by atoms with van der Waals surface area (Å²) in [6.45, 7) is 1.39. The van der Waals surface area contributed by atoms with Crippen molar-refractivity contribution in [1.29, 1.82) is 0 Å². The number of para-hydroxylation sites is 2. The van der Waals surface area contributed by atoms with Gasteiger partial charge in [0.15, 0.2) is 5.82 Å². The van der Waals surface area contributed by atoms with Crippen molar-refractivity contribution in [3.63, 3.8) is 0 Å². The number of nitrogens with one attached hydrogen (secondary N) is 1. The summed E-state index contributed by atoms with van der Waals surface area (Å²) in [5.74, 6) is -0.671. The second kappa shape index (κ2) is 4.56. The van der Waals surface area contributed by atoms with Crippen LogP contribution < -0.4 is 5.43 Å². The monoisotopic (exact) mass is 230 g/mol. The van der Waals surface area contributed by atoms with Crippen molar-refractivity contribution in [2.24, 2.45) is 5.10 Å². The lowest BCUT2D eigenvalue weighted by Crippen LogP contribution is -2.10. The number of rotatable bonds is 3. The van der Waals surface area contributed by atoms with Crippen molar-refractivity contribution in [3.05, 3.63) is 30.5 Å². The van der Waals surface area contributed by atoms with Crippen molar-refractivity contribution in [1.82, 2.24) is 9.97 Å². The van der Waals surface area contributed by atoms with E-state index in [9.17, 15) is 4.79 Å². The van der Waals surface area contributed by atoms with E-state index in [1.807, 2.05) is 24.3 Å². The molecule has 2 N–H and O–H groups in total. The lowest BCUT2D eigenvalue weighted by Gasteiger charge is -2.01. The number of aliphatic carboxylic acids is 1. The van der Waals surface area contributed by atoms with Gasteiger partial charge < -0.3 is 5.11 Å². The van der Waals surface area contributed by atoms with Gasteiger partial charge in [-0.3, -0.25) is 10.4 Å². The molecule has 0 aliphatic heterocycles. The van der Waals surface area contributed by atoms with E-state index in [-0.39, 0.29) is 5.71 Å². The molecular formula is C11H10N4O2. The van der Waals surface area contributed by atoms with E-state index < -0.39 is 5.97 Å². The van der Waals surface area contributed by atoms with Gasteiger partial charge in [-0.05, 0) is 19.1 Å². The van der Waals surface area contributed by atoms with Crippen LogP contribution in [0.4, 0.5) is 5.82 Å². The molecule has 0 aliphatic carbocycles. The molecule has 0 amide bonds. The van der Waals surface area contributed by atoms with Crippen molar-refractivity contribution >= 4 is 28.5 Å². The number of benzene rings is 1. The second-order valence-corrected chi connectivity index (χ2v) is 3.36. The summed E-state index contributed by atoms with van der Waals surface area (Å²) in [5, 5.41) is 12.3. The van der Waals surface area contributed by atoms with E-state index in [4.69, 9.17) is 5.11 Å². The first-order chi connectivity index (χ1) is 8.16. The Morgan fingerprint density at radius 3 is 2.76 bits per heavy atom. The molecule has 6 heteroatoms. The summed E-state index contributed by atoms with van der Waals surface area (Å²) >= 11 is 0. The molecule has 17 heavy (non-hydrogen) atoms. The average molecular weight is 230 g/mol. The summed E-state index contributed by atoms with van der Waals surface area (Å²) in [7, 11) is 0. The number of fused-ring (bicyclic) bond motifs is 1. The number of nitrogens with zero attached hydrogens (tertiary/aromatic N) is 3. The number of hydrogen-bond donors (Lipinski definition) is 2. The molecule has 1 heterocycles.